The summed E-state index contributed by atoms with van der Waals surface area (Å²) in [6.07, 6.45) is -2.74. The first kappa shape index (κ1) is 16.4. The highest BCUT2D eigenvalue weighted by atomic mass is 35.5. The molecule has 0 spiro atoms. The zero-order valence-electron chi connectivity index (χ0n) is 12.1. The number of halogens is 4. The van der Waals surface area contributed by atoms with Gasteiger partial charge >= 0.3 is 6.18 Å². The molecule has 0 aliphatic carbocycles. The van der Waals surface area contributed by atoms with Crippen LogP contribution in [0, 0.1) is 0 Å². The van der Waals surface area contributed by atoms with Gasteiger partial charge in [-0.15, -0.1) is 11.6 Å². The lowest BCUT2D eigenvalue weighted by Crippen LogP contribution is -2.48. The second-order valence-corrected chi connectivity index (χ2v) is 5.93. The SMILES string of the molecule is COC1(C)CCCN(c2ccc(CCl)cc2C(F)(F)F)C1. The lowest BCUT2D eigenvalue weighted by molar-refractivity contribution is -0.137. The smallest absolute Gasteiger partial charge is 0.377 e. The van der Waals surface area contributed by atoms with E-state index >= 15 is 0 Å². The minimum absolute atomic E-state index is 0.0686. The number of benzene rings is 1. The summed E-state index contributed by atoms with van der Waals surface area (Å²) < 4.78 is 45.3. The second-order valence-electron chi connectivity index (χ2n) is 5.66. The Morgan fingerprint density at radius 3 is 2.67 bits per heavy atom. The molecule has 0 radical (unpaired) electrons. The first-order chi connectivity index (χ1) is 9.79. The van der Waals surface area contributed by atoms with E-state index in [1.165, 1.54) is 6.07 Å². The van der Waals surface area contributed by atoms with Gasteiger partial charge in [-0.05, 0) is 37.5 Å². The quantitative estimate of drug-likeness (QED) is 0.763. The Balaban J connectivity index is 2.39. The van der Waals surface area contributed by atoms with Gasteiger partial charge in [-0.3, -0.25) is 0 Å². The van der Waals surface area contributed by atoms with Crippen LogP contribution < -0.4 is 4.90 Å². The molecule has 1 unspecified atom stereocenters. The fourth-order valence-corrected chi connectivity index (χ4v) is 2.91. The van der Waals surface area contributed by atoms with Crippen LogP contribution in [0.25, 0.3) is 0 Å². The highest BCUT2D eigenvalue weighted by molar-refractivity contribution is 6.17. The number of ether oxygens (including phenoxy) is 1. The summed E-state index contributed by atoms with van der Waals surface area (Å²) >= 11 is 5.65. The van der Waals surface area contributed by atoms with Crippen molar-refractivity contribution in [3.8, 4) is 0 Å². The van der Waals surface area contributed by atoms with E-state index in [1.54, 1.807) is 18.1 Å². The maximum atomic E-state index is 13.3. The van der Waals surface area contributed by atoms with Gasteiger partial charge in [-0.1, -0.05) is 6.07 Å². The highest BCUT2D eigenvalue weighted by Gasteiger charge is 2.38. The summed E-state index contributed by atoms with van der Waals surface area (Å²) in [6.45, 7) is 2.98. The fraction of sp³-hybridized carbons (Fsp3) is 0.600. The van der Waals surface area contributed by atoms with Gasteiger partial charge in [0.15, 0.2) is 0 Å². The zero-order valence-corrected chi connectivity index (χ0v) is 12.9. The van der Waals surface area contributed by atoms with E-state index in [2.05, 4.69) is 0 Å². The molecule has 2 nitrogen and oxygen atoms in total. The van der Waals surface area contributed by atoms with Crippen LogP contribution in [0.15, 0.2) is 18.2 Å². The molecule has 1 fully saturated rings. The van der Waals surface area contributed by atoms with Gasteiger partial charge in [-0.2, -0.15) is 13.2 Å². The maximum absolute atomic E-state index is 13.3. The van der Waals surface area contributed by atoms with Crippen LogP contribution in [-0.2, 0) is 16.8 Å². The van der Waals surface area contributed by atoms with Crippen LogP contribution in [-0.4, -0.2) is 25.8 Å². The Morgan fingerprint density at radius 2 is 2.10 bits per heavy atom. The molecule has 0 amide bonds. The molecule has 1 heterocycles. The van der Waals surface area contributed by atoms with Crippen molar-refractivity contribution in [1.29, 1.82) is 0 Å². The van der Waals surface area contributed by atoms with Crippen LogP contribution in [0.5, 0.6) is 0 Å². The van der Waals surface area contributed by atoms with E-state index in [4.69, 9.17) is 16.3 Å². The van der Waals surface area contributed by atoms with Crippen LogP contribution in [0.3, 0.4) is 0 Å². The molecule has 21 heavy (non-hydrogen) atoms. The summed E-state index contributed by atoms with van der Waals surface area (Å²) in [5, 5.41) is 0. The number of piperidine rings is 1. The molecule has 1 aliphatic heterocycles. The Bertz CT molecular complexity index is 506. The molecule has 0 saturated carbocycles. The zero-order chi connectivity index (χ0) is 15.7. The average Bonchev–Trinajstić information content (AvgIpc) is 2.46. The molecule has 2 rings (SSSR count). The number of alkyl halides is 4. The molecule has 6 heteroatoms. The lowest BCUT2D eigenvalue weighted by atomic mass is 9.93. The van der Waals surface area contributed by atoms with E-state index in [0.29, 0.717) is 18.7 Å². The van der Waals surface area contributed by atoms with Gasteiger partial charge < -0.3 is 9.64 Å². The normalized spacial score (nSPS) is 23.4. The Morgan fingerprint density at radius 1 is 1.38 bits per heavy atom. The third-order valence-corrected chi connectivity index (χ3v) is 4.32. The van der Waals surface area contributed by atoms with Gasteiger partial charge in [0.05, 0.1) is 11.2 Å². The van der Waals surface area contributed by atoms with E-state index in [1.807, 2.05) is 6.92 Å². The third-order valence-electron chi connectivity index (χ3n) is 4.01. The number of methoxy groups -OCH3 is 1. The number of anilines is 1. The number of rotatable bonds is 3. The largest absolute Gasteiger partial charge is 0.418 e. The van der Waals surface area contributed by atoms with E-state index in [9.17, 15) is 13.2 Å². The van der Waals surface area contributed by atoms with Crippen molar-refractivity contribution in [1.82, 2.24) is 0 Å². The first-order valence-electron chi connectivity index (χ1n) is 6.85. The molecule has 0 N–H and O–H groups in total. The Kier molecular flexibility index (Phi) is 4.73. The predicted molar refractivity (Wildman–Crippen MR) is 77.9 cm³/mol. The Labute approximate surface area is 127 Å². The van der Waals surface area contributed by atoms with Crippen LogP contribution in [0.2, 0.25) is 0 Å². The van der Waals surface area contributed by atoms with E-state index in [0.717, 1.165) is 18.9 Å². The van der Waals surface area contributed by atoms with Crippen molar-refractivity contribution >= 4 is 17.3 Å². The molecule has 1 aliphatic rings. The number of nitrogens with zero attached hydrogens (tertiary/aromatic N) is 1. The van der Waals surface area contributed by atoms with Gasteiger partial charge in [0, 0.05) is 31.8 Å². The minimum Gasteiger partial charge on any atom is -0.377 e. The highest BCUT2D eigenvalue weighted by Crippen LogP contribution is 2.39. The molecule has 118 valence electrons. The maximum Gasteiger partial charge on any atom is 0.418 e. The fourth-order valence-electron chi connectivity index (χ4n) is 2.75. The first-order valence-corrected chi connectivity index (χ1v) is 7.39. The molecular weight excluding hydrogens is 303 g/mol. The van der Waals surface area contributed by atoms with Crippen LogP contribution in [0.1, 0.15) is 30.9 Å². The van der Waals surface area contributed by atoms with Crippen molar-refractivity contribution in [3.05, 3.63) is 29.3 Å². The van der Waals surface area contributed by atoms with Crippen molar-refractivity contribution in [2.24, 2.45) is 0 Å². The number of hydrogen-bond donors (Lipinski definition) is 0. The molecule has 1 saturated heterocycles. The summed E-state index contributed by atoms with van der Waals surface area (Å²) in [5.74, 6) is 0.0686. The van der Waals surface area contributed by atoms with Gasteiger partial charge in [0.2, 0.25) is 0 Å². The summed E-state index contributed by atoms with van der Waals surface area (Å²) in [5.41, 5.74) is -0.355. The molecule has 0 bridgehead atoms. The third kappa shape index (κ3) is 3.64. The molecule has 1 aromatic rings. The topological polar surface area (TPSA) is 12.5 Å². The van der Waals surface area contributed by atoms with Crippen LogP contribution in [0.4, 0.5) is 18.9 Å². The lowest BCUT2D eigenvalue weighted by Gasteiger charge is -2.41. The predicted octanol–water partition coefficient (Wildman–Crippen LogP) is 4.45. The van der Waals surface area contributed by atoms with Crippen molar-refractivity contribution < 1.29 is 17.9 Å². The summed E-state index contributed by atoms with van der Waals surface area (Å²) in [6, 6.07) is 4.30. The molecular formula is C15H19ClF3NO. The molecule has 0 aromatic heterocycles. The van der Waals surface area contributed by atoms with Crippen molar-refractivity contribution in [2.75, 3.05) is 25.1 Å². The molecule has 1 aromatic carbocycles. The van der Waals surface area contributed by atoms with Crippen molar-refractivity contribution in [3.63, 3.8) is 0 Å². The van der Waals surface area contributed by atoms with Crippen molar-refractivity contribution in [2.45, 2.75) is 37.4 Å². The van der Waals surface area contributed by atoms with E-state index < -0.39 is 17.3 Å². The van der Waals surface area contributed by atoms with Gasteiger partial charge in [0.25, 0.3) is 0 Å². The Hall–Kier alpha value is -0.940. The second kappa shape index (κ2) is 6.05. The van der Waals surface area contributed by atoms with Gasteiger partial charge in [-0.25, -0.2) is 0 Å². The van der Waals surface area contributed by atoms with Gasteiger partial charge in [0.1, 0.15) is 0 Å². The molecule has 1 atom stereocenters. The number of hydrogen-bond acceptors (Lipinski definition) is 2. The van der Waals surface area contributed by atoms with E-state index in [-0.39, 0.29) is 11.6 Å². The van der Waals surface area contributed by atoms with Crippen LogP contribution >= 0.6 is 11.6 Å². The summed E-state index contributed by atoms with van der Waals surface area (Å²) in [4.78, 5) is 1.76. The standard InChI is InChI=1S/C15H19ClF3NO/c1-14(21-2)6-3-7-20(10-14)13-5-4-11(9-16)8-12(13)15(17,18)19/h4-5,8H,3,6-7,9-10H2,1-2H3. The monoisotopic (exact) mass is 321 g/mol. The average molecular weight is 322 g/mol. The summed E-state index contributed by atoms with van der Waals surface area (Å²) in [7, 11) is 1.60. The minimum atomic E-state index is -4.39.